The quantitative estimate of drug-likeness (QED) is 0.825. The third-order valence-electron chi connectivity index (χ3n) is 4.38. The third-order valence-corrected chi connectivity index (χ3v) is 6.28. The Labute approximate surface area is 159 Å². The number of nitrogens with zero attached hydrogens (tertiary/aromatic N) is 2. The summed E-state index contributed by atoms with van der Waals surface area (Å²) in [5.41, 5.74) is -0.605. The molecule has 0 bridgehead atoms. The molecule has 1 N–H and O–H groups in total. The molecule has 2 amide bonds. The highest BCUT2D eigenvalue weighted by atomic mass is 32.2. The lowest BCUT2D eigenvalue weighted by Crippen LogP contribution is -2.55. The SMILES string of the molecule is C[C@@H](NC(=O)C(C)(C)C)C(=O)N1CCN(S(=O)(=O)c2cccc(F)c2)CC1. The number of benzene rings is 1. The summed E-state index contributed by atoms with van der Waals surface area (Å²) >= 11 is 0. The smallest absolute Gasteiger partial charge is 0.244 e. The number of amides is 2. The number of hydrogen-bond acceptors (Lipinski definition) is 4. The number of carbonyl (C=O) groups is 2. The van der Waals surface area contributed by atoms with Crippen LogP contribution in [0.25, 0.3) is 0 Å². The summed E-state index contributed by atoms with van der Waals surface area (Å²) in [7, 11) is -3.81. The number of hydrogen-bond donors (Lipinski definition) is 1. The second kappa shape index (κ2) is 7.93. The maximum absolute atomic E-state index is 13.3. The lowest BCUT2D eigenvalue weighted by atomic mass is 9.95. The Morgan fingerprint density at radius 1 is 1.15 bits per heavy atom. The predicted molar refractivity (Wildman–Crippen MR) is 98.8 cm³/mol. The Morgan fingerprint density at radius 3 is 2.26 bits per heavy atom. The lowest BCUT2D eigenvalue weighted by Gasteiger charge is -2.35. The van der Waals surface area contributed by atoms with Crippen LogP contribution < -0.4 is 5.32 Å². The monoisotopic (exact) mass is 399 g/mol. The van der Waals surface area contributed by atoms with E-state index in [1.807, 2.05) is 0 Å². The van der Waals surface area contributed by atoms with Crippen LogP contribution in [-0.4, -0.2) is 61.7 Å². The molecule has 0 unspecified atom stereocenters. The Kier molecular flexibility index (Phi) is 6.26. The highest BCUT2D eigenvalue weighted by molar-refractivity contribution is 7.89. The first kappa shape index (κ1) is 21.3. The molecule has 1 aromatic rings. The zero-order valence-corrected chi connectivity index (χ0v) is 16.8. The highest BCUT2D eigenvalue weighted by Crippen LogP contribution is 2.19. The van der Waals surface area contributed by atoms with Gasteiger partial charge in [0.25, 0.3) is 0 Å². The van der Waals surface area contributed by atoms with E-state index in [1.165, 1.54) is 27.4 Å². The second-order valence-electron chi connectivity index (χ2n) is 7.63. The summed E-state index contributed by atoms with van der Waals surface area (Å²) < 4.78 is 39.8. The van der Waals surface area contributed by atoms with Crippen molar-refractivity contribution in [3.8, 4) is 0 Å². The van der Waals surface area contributed by atoms with E-state index in [2.05, 4.69) is 5.32 Å². The average Bonchev–Trinajstić information content (AvgIpc) is 2.60. The summed E-state index contributed by atoms with van der Waals surface area (Å²) in [5, 5.41) is 2.69. The van der Waals surface area contributed by atoms with E-state index in [0.29, 0.717) is 0 Å². The Morgan fingerprint density at radius 2 is 1.74 bits per heavy atom. The van der Waals surface area contributed by atoms with E-state index in [4.69, 9.17) is 0 Å². The highest BCUT2D eigenvalue weighted by Gasteiger charge is 2.33. The van der Waals surface area contributed by atoms with Crippen LogP contribution in [0.4, 0.5) is 4.39 Å². The Bertz CT molecular complexity index is 812. The number of rotatable bonds is 4. The molecule has 150 valence electrons. The third kappa shape index (κ3) is 5.04. The van der Waals surface area contributed by atoms with Crippen LogP contribution in [0.15, 0.2) is 29.2 Å². The van der Waals surface area contributed by atoms with E-state index in [-0.39, 0.29) is 42.9 Å². The van der Waals surface area contributed by atoms with E-state index in [0.717, 1.165) is 6.07 Å². The number of nitrogens with one attached hydrogen (secondary N) is 1. The molecular weight excluding hydrogens is 373 g/mol. The minimum absolute atomic E-state index is 0.104. The van der Waals surface area contributed by atoms with E-state index < -0.39 is 27.3 Å². The summed E-state index contributed by atoms with van der Waals surface area (Å²) in [6.45, 7) is 7.55. The summed E-state index contributed by atoms with van der Waals surface area (Å²) in [6.07, 6.45) is 0. The molecule has 1 heterocycles. The number of sulfonamides is 1. The van der Waals surface area contributed by atoms with Crippen molar-refractivity contribution in [2.75, 3.05) is 26.2 Å². The zero-order valence-electron chi connectivity index (χ0n) is 16.0. The average molecular weight is 399 g/mol. The first-order valence-corrected chi connectivity index (χ1v) is 10.2. The van der Waals surface area contributed by atoms with Gasteiger partial charge >= 0.3 is 0 Å². The fourth-order valence-corrected chi connectivity index (χ4v) is 4.13. The van der Waals surface area contributed by atoms with Gasteiger partial charge in [-0.25, -0.2) is 12.8 Å². The summed E-state index contributed by atoms with van der Waals surface area (Å²) in [4.78, 5) is 26.0. The van der Waals surface area contributed by atoms with Crippen LogP contribution in [0, 0.1) is 11.2 Å². The van der Waals surface area contributed by atoms with Crippen molar-refractivity contribution in [2.24, 2.45) is 5.41 Å². The number of carbonyl (C=O) groups excluding carboxylic acids is 2. The summed E-state index contributed by atoms with van der Waals surface area (Å²) in [6, 6.07) is 4.17. The van der Waals surface area contributed by atoms with Gasteiger partial charge in [0.05, 0.1) is 4.90 Å². The van der Waals surface area contributed by atoms with E-state index >= 15 is 0 Å². The number of halogens is 1. The zero-order chi connectivity index (χ0) is 20.4. The molecule has 9 heteroatoms. The molecule has 1 saturated heterocycles. The van der Waals surface area contributed by atoms with Gasteiger partial charge in [0, 0.05) is 31.6 Å². The molecular formula is C18H26FN3O4S. The molecule has 1 aliphatic rings. The first-order chi connectivity index (χ1) is 12.4. The molecule has 2 rings (SSSR count). The van der Waals surface area contributed by atoms with Crippen LogP contribution in [-0.2, 0) is 19.6 Å². The molecule has 0 aromatic heterocycles. The van der Waals surface area contributed by atoms with Gasteiger partial charge in [-0.3, -0.25) is 9.59 Å². The predicted octanol–water partition coefficient (Wildman–Crippen LogP) is 1.21. The van der Waals surface area contributed by atoms with Gasteiger partial charge in [0.2, 0.25) is 21.8 Å². The van der Waals surface area contributed by atoms with Crippen molar-refractivity contribution < 1.29 is 22.4 Å². The van der Waals surface area contributed by atoms with Crippen LogP contribution in [0.2, 0.25) is 0 Å². The Hall–Kier alpha value is -2.00. The molecule has 0 radical (unpaired) electrons. The van der Waals surface area contributed by atoms with Crippen molar-refractivity contribution in [1.82, 2.24) is 14.5 Å². The van der Waals surface area contributed by atoms with E-state index in [1.54, 1.807) is 27.7 Å². The standard InChI is InChI=1S/C18H26FN3O4S/c1-13(20-17(24)18(2,3)4)16(23)21-8-10-22(11-9-21)27(25,26)15-7-5-6-14(19)12-15/h5-7,12-13H,8-11H2,1-4H3,(H,20,24)/t13-/m1/s1. The molecule has 0 aliphatic carbocycles. The Balaban J connectivity index is 1.98. The molecule has 27 heavy (non-hydrogen) atoms. The molecule has 7 nitrogen and oxygen atoms in total. The minimum Gasteiger partial charge on any atom is -0.344 e. The van der Waals surface area contributed by atoms with Crippen LogP contribution in [0.5, 0.6) is 0 Å². The number of piperazine rings is 1. The van der Waals surface area contributed by atoms with Crippen molar-refractivity contribution in [1.29, 1.82) is 0 Å². The van der Waals surface area contributed by atoms with Crippen LogP contribution in [0.3, 0.4) is 0 Å². The van der Waals surface area contributed by atoms with Gasteiger partial charge in [-0.1, -0.05) is 26.8 Å². The van der Waals surface area contributed by atoms with Crippen LogP contribution >= 0.6 is 0 Å². The van der Waals surface area contributed by atoms with Crippen molar-refractivity contribution in [3.63, 3.8) is 0 Å². The lowest BCUT2D eigenvalue weighted by molar-refractivity contribution is -0.139. The molecule has 1 atom stereocenters. The maximum Gasteiger partial charge on any atom is 0.244 e. The molecule has 0 saturated carbocycles. The molecule has 1 aliphatic heterocycles. The van der Waals surface area contributed by atoms with Gasteiger partial charge in [0.1, 0.15) is 11.9 Å². The fraction of sp³-hybridized carbons (Fsp3) is 0.556. The van der Waals surface area contributed by atoms with Crippen LogP contribution in [0.1, 0.15) is 27.7 Å². The second-order valence-corrected chi connectivity index (χ2v) is 9.57. The normalized spacial score (nSPS) is 17.4. The van der Waals surface area contributed by atoms with Gasteiger partial charge in [-0.15, -0.1) is 0 Å². The largest absolute Gasteiger partial charge is 0.344 e. The van der Waals surface area contributed by atoms with Crippen molar-refractivity contribution >= 4 is 21.8 Å². The van der Waals surface area contributed by atoms with Crippen molar-refractivity contribution in [3.05, 3.63) is 30.1 Å². The molecule has 1 aromatic carbocycles. The fourth-order valence-electron chi connectivity index (χ4n) is 2.67. The maximum atomic E-state index is 13.3. The van der Waals surface area contributed by atoms with Gasteiger partial charge in [0.15, 0.2) is 0 Å². The van der Waals surface area contributed by atoms with E-state index in [9.17, 15) is 22.4 Å². The minimum atomic E-state index is -3.81. The van der Waals surface area contributed by atoms with Gasteiger partial charge in [-0.05, 0) is 25.1 Å². The van der Waals surface area contributed by atoms with Gasteiger partial charge in [-0.2, -0.15) is 4.31 Å². The molecule has 0 spiro atoms. The first-order valence-electron chi connectivity index (χ1n) is 8.78. The van der Waals surface area contributed by atoms with Crippen molar-refractivity contribution in [2.45, 2.75) is 38.6 Å². The topological polar surface area (TPSA) is 86.8 Å². The summed E-state index contributed by atoms with van der Waals surface area (Å²) in [5.74, 6) is -1.10. The molecule has 1 fully saturated rings. The van der Waals surface area contributed by atoms with Gasteiger partial charge < -0.3 is 10.2 Å².